The number of fused-ring (bicyclic) bond motifs is 2. The number of nitrogens with one attached hydrogen (secondary N) is 1. The number of benzene rings is 1. The molecular weight excluding hydrogens is 326 g/mol. The summed E-state index contributed by atoms with van der Waals surface area (Å²) in [6.45, 7) is 9.00. The fraction of sp³-hybridized carbons (Fsp3) is 0.611. The highest BCUT2D eigenvalue weighted by Crippen LogP contribution is 2.62. The van der Waals surface area contributed by atoms with Crippen LogP contribution in [0.5, 0.6) is 0 Å². The first-order chi connectivity index (χ1) is 9.75. The summed E-state index contributed by atoms with van der Waals surface area (Å²) in [6.07, 6.45) is 3.80. The van der Waals surface area contributed by atoms with Gasteiger partial charge >= 0.3 is 0 Å². The lowest BCUT2D eigenvalue weighted by Crippen LogP contribution is -2.52. The number of aryl methyl sites for hydroxylation is 1. The molecule has 0 aliphatic heterocycles. The minimum atomic E-state index is 0.0532. The van der Waals surface area contributed by atoms with Crippen LogP contribution in [0.1, 0.15) is 56.0 Å². The van der Waals surface area contributed by atoms with E-state index in [4.69, 9.17) is 0 Å². The maximum Gasteiger partial charge on any atom is 0.252 e. The molecule has 1 aromatic rings. The molecule has 0 aromatic heterocycles. The highest BCUT2D eigenvalue weighted by molar-refractivity contribution is 9.10. The monoisotopic (exact) mass is 349 g/mol. The molecule has 0 saturated heterocycles. The van der Waals surface area contributed by atoms with E-state index in [0.717, 1.165) is 21.5 Å². The van der Waals surface area contributed by atoms with E-state index >= 15 is 0 Å². The molecule has 0 radical (unpaired) electrons. The lowest BCUT2D eigenvalue weighted by atomic mass is 9.68. The van der Waals surface area contributed by atoms with Crippen molar-refractivity contribution in [3.8, 4) is 0 Å². The molecule has 2 nitrogen and oxygen atoms in total. The third-order valence-electron chi connectivity index (χ3n) is 5.98. The van der Waals surface area contributed by atoms with Gasteiger partial charge in [0.05, 0.1) is 5.56 Å². The van der Waals surface area contributed by atoms with E-state index in [2.05, 4.69) is 42.0 Å². The predicted octanol–water partition coefficient (Wildman–Crippen LogP) is 4.70. The third kappa shape index (κ3) is 2.25. The maximum absolute atomic E-state index is 12.7. The second-order valence-electron chi connectivity index (χ2n) is 7.76. The van der Waals surface area contributed by atoms with Crippen LogP contribution in [0.15, 0.2) is 22.7 Å². The fourth-order valence-corrected chi connectivity index (χ4v) is 5.14. The van der Waals surface area contributed by atoms with Crippen LogP contribution in [0.25, 0.3) is 0 Å². The Bertz CT molecular complexity index is 590. The largest absolute Gasteiger partial charge is 0.348 e. The Morgan fingerprint density at radius 3 is 2.67 bits per heavy atom. The van der Waals surface area contributed by atoms with E-state index in [1.807, 2.05) is 25.1 Å². The van der Waals surface area contributed by atoms with Crippen molar-refractivity contribution < 1.29 is 4.79 Å². The van der Waals surface area contributed by atoms with Crippen molar-refractivity contribution >= 4 is 21.8 Å². The zero-order valence-electron chi connectivity index (χ0n) is 13.3. The molecular formula is C18H24BrNO. The van der Waals surface area contributed by atoms with Crippen molar-refractivity contribution in [2.75, 3.05) is 0 Å². The van der Waals surface area contributed by atoms with E-state index < -0.39 is 0 Å². The number of carbonyl (C=O) groups is 1. The zero-order valence-corrected chi connectivity index (χ0v) is 14.9. The number of amides is 1. The number of carbonyl (C=O) groups excluding carboxylic acids is 1. The van der Waals surface area contributed by atoms with Gasteiger partial charge in [-0.2, -0.15) is 0 Å². The second-order valence-corrected chi connectivity index (χ2v) is 8.55. The van der Waals surface area contributed by atoms with Crippen LogP contribution in [-0.2, 0) is 0 Å². The van der Waals surface area contributed by atoms with E-state index in [-0.39, 0.29) is 22.8 Å². The lowest BCUT2D eigenvalue weighted by Gasteiger charge is -2.43. The van der Waals surface area contributed by atoms with Crippen LogP contribution in [0.4, 0.5) is 0 Å². The molecule has 3 atom stereocenters. The average Bonchev–Trinajstić information content (AvgIpc) is 2.89. The maximum atomic E-state index is 12.7. The first kappa shape index (κ1) is 15.1. The Morgan fingerprint density at radius 2 is 2.05 bits per heavy atom. The summed E-state index contributed by atoms with van der Waals surface area (Å²) >= 11 is 3.55. The first-order valence-corrected chi connectivity index (χ1v) is 8.61. The van der Waals surface area contributed by atoms with Gasteiger partial charge in [0.1, 0.15) is 0 Å². The Balaban J connectivity index is 1.87. The smallest absolute Gasteiger partial charge is 0.252 e. The van der Waals surface area contributed by atoms with Gasteiger partial charge in [-0.25, -0.2) is 0 Å². The summed E-state index contributed by atoms with van der Waals surface area (Å²) < 4.78 is 0.911. The molecule has 3 unspecified atom stereocenters. The summed E-state index contributed by atoms with van der Waals surface area (Å²) in [6, 6.07) is 6.13. The molecule has 21 heavy (non-hydrogen) atoms. The summed E-state index contributed by atoms with van der Waals surface area (Å²) in [4.78, 5) is 12.7. The van der Waals surface area contributed by atoms with Crippen LogP contribution < -0.4 is 5.32 Å². The molecule has 0 spiro atoms. The van der Waals surface area contributed by atoms with Crippen molar-refractivity contribution in [1.29, 1.82) is 0 Å². The molecule has 1 amide bonds. The topological polar surface area (TPSA) is 29.1 Å². The van der Waals surface area contributed by atoms with Crippen LogP contribution in [0.3, 0.4) is 0 Å². The van der Waals surface area contributed by atoms with Crippen molar-refractivity contribution in [3.05, 3.63) is 33.8 Å². The predicted molar refractivity (Wildman–Crippen MR) is 89.4 cm³/mol. The molecule has 1 aromatic carbocycles. The number of hydrogen-bond donors (Lipinski definition) is 1. The van der Waals surface area contributed by atoms with Gasteiger partial charge in [0.15, 0.2) is 0 Å². The molecule has 2 aliphatic rings. The number of rotatable bonds is 2. The molecule has 1 N–H and O–H groups in total. The van der Waals surface area contributed by atoms with Gasteiger partial charge in [0, 0.05) is 10.5 Å². The van der Waals surface area contributed by atoms with Crippen molar-refractivity contribution in [1.82, 2.24) is 5.32 Å². The highest BCUT2D eigenvalue weighted by atomic mass is 79.9. The lowest BCUT2D eigenvalue weighted by molar-refractivity contribution is 0.0737. The quantitative estimate of drug-likeness (QED) is 0.823. The molecule has 114 valence electrons. The van der Waals surface area contributed by atoms with E-state index in [0.29, 0.717) is 0 Å². The van der Waals surface area contributed by atoms with Gasteiger partial charge in [-0.05, 0) is 70.5 Å². The van der Waals surface area contributed by atoms with Gasteiger partial charge in [-0.3, -0.25) is 4.79 Å². The standard InChI is InChI=1S/C18H24BrNO/c1-11-6-5-7-13(14(11)19)15(21)20-16-17(2,3)12-8-9-18(16,4)10-12/h5-7,12,16H,8-10H2,1-4H3,(H,20,21). The minimum Gasteiger partial charge on any atom is -0.348 e. The summed E-state index contributed by atoms with van der Waals surface area (Å²) in [5, 5.41) is 3.36. The van der Waals surface area contributed by atoms with Crippen LogP contribution >= 0.6 is 15.9 Å². The number of hydrogen-bond acceptors (Lipinski definition) is 1. The van der Waals surface area contributed by atoms with Gasteiger partial charge in [0.2, 0.25) is 0 Å². The molecule has 0 heterocycles. The normalized spacial score (nSPS) is 33.2. The number of halogens is 1. The summed E-state index contributed by atoms with van der Waals surface area (Å²) in [7, 11) is 0. The van der Waals surface area contributed by atoms with Crippen molar-refractivity contribution in [2.24, 2.45) is 16.7 Å². The summed E-state index contributed by atoms with van der Waals surface area (Å²) in [5.41, 5.74) is 2.30. The van der Waals surface area contributed by atoms with Gasteiger partial charge < -0.3 is 5.32 Å². The fourth-order valence-electron chi connectivity index (χ4n) is 4.69. The van der Waals surface area contributed by atoms with Gasteiger partial charge in [-0.1, -0.05) is 32.9 Å². The zero-order chi connectivity index (χ0) is 15.4. The van der Waals surface area contributed by atoms with E-state index in [1.165, 1.54) is 19.3 Å². The molecule has 3 rings (SSSR count). The highest BCUT2D eigenvalue weighted by Gasteiger charge is 2.59. The minimum absolute atomic E-state index is 0.0532. The SMILES string of the molecule is Cc1cccc(C(=O)NC2C3(C)CCC(C3)C2(C)C)c1Br. The molecule has 3 heteroatoms. The third-order valence-corrected chi connectivity index (χ3v) is 7.03. The van der Waals surface area contributed by atoms with Crippen molar-refractivity contribution in [2.45, 2.75) is 53.0 Å². The Hall–Kier alpha value is -0.830. The Kier molecular flexibility index (Phi) is 3.47. The molecule has 2 aliphatic carbocycles. The molecule has 2 saturated carbocycles. The average molecular weight is 350 g/mol. The molecule has 2 bridgehead atoms. The molecule has 2 fully saturated rings. The van der Waals surface area contributed by atoms with E-state index in [1.54, 1.807) is 0 Å². The van der Waals surface area contributed by atoms with Crippen LogP contribution in [-0.4, -0.2) is 11.9 Å². The van der Waals surface area contributed by atoms with Crippen LogP contribution in [0.2, 0.25) is 0 Å². The van der Waals surface area contributed by atoms with E-state index in [9.17, 15) is 4.79 Å². The van der Waals surface area contributed by atoms with Gasteiger partial charge in [-0.15, -0.1) is 0 Å². The second kappa shape index (κ2) is 4.84. The Labute approximate surface area is 135 Å². The van der Waals surface area contributed by atoms with Crippen molar-refractivity contribution in [3.63, 3.8) is 0 Å². The Morgan fingerprint density at radius 1 is 1.33 bits per heavy atom. The van der Waals surface area contributed by atoms with Crippen LogP contribution in [0, 0.1) is 23.7 Å². The van der Waals surface area contributed by atoms with Gasteiger partial charge in [0.25, 0.3) is 5.91 Å². The first-order valence-electron chi connectivity index (χ1n) is 7.82. The summed E-state index contributed by atoms with van der Waals surface area (Å²) in [5.74, 6) is 0.797.